The molecule has 0 bridgehead atoms. The molecule has 6 nitrogen and oxygen atoms in total. The van der Waals surface area contributed by atoms with Crippen LogP contribution < -0.4 is 10.6 Å². The van der Waals surface area contributed by atoms with Crippen LogP contribution >= 0.6 is 35.6 Å². The minimum atomic E-state index is -0.129. The standard InChI is InChI=1S/C22H35ClN4O2.HI/c1-4-24-21(25-14-11-20(28)27(5-2)6-3)26-17-22(12-15-29-16-13-22)18-9-7-8-10-19(18)23;/h7-10H,4-6,11-17H2,1-3H3,(H2,24,25,26);1H. The number of amides is 1. The zero-order valence-corrected chi connectivity index (χ0v) is 21.5. The van der Waals surface area contributed by atoms with Crippen LogP contribution in [0.5, 0.6) is 0 Å². The number of hydrogen-bond donors (Lipinski definition) is 2. The van der Waals surface area contributed by atoms with E-state index in [4.69, 9.17) is 21.3 Å². The molecule has 1 aromatic rings. The molecule has 8 heteroatoms. The lowest BCUT2D eigenvalue weighted by Gasteiger charge is -2.37. The number of halogens is 2. The highest BCUT2D eigenvalue weighted by Gasteiger charge is 2.36. The van der Waals surface area contributed by atoms with E-state index in [0.717, 1.165) is 49.0 Å². The highest BCUT2D eigenvalue weighted by Crippen LogP contribution is 2.38. The van der Waals surface area contributed by atoms with Crippen molar-refractivity contribution in [1.29, 1.82) is 0 Å². The first-order valence-electron chi connectivity index (χ1n) is 10.7. The molecule has 1 saturated heterocycles. The van der Waals surface area contributed by atoms with Crippen molar-refractivity contribution in [2.75, 3.05) is 45.9 Å². The average Bonchev–Trinajstić information content (AvgIpc) is 2.74. The molecule has 0 saturated carbocycles. The normalized spacial score (nSPS) is 15.8. The maximum absolute atomic E-state index is 12.2. The maximum Gasteiger partial charge on any atom is 0.224 e. The smallest absolute Gasteiger partial charge is 0.224 e. The van der Waals surface area contributed by atoms with Crippen LogP contribution in [0.1, 0.15) is 45.6 Å². The van der Waals surface area contributed by atoms with E-state index in [1.165, 1.54) is 0 Å². The van der Waals surface area contributed by atoms with E-state index in [9.17, 15) is 4.79 Å². The van der Waals surface area contributed by atoms with Gasteiger partial charge < -0.3 is 20.3 Å². The molecule has 1 aliphatic heterocycles. The SMILES string of the molecule is CCNC(=NCC1(c2ccccc2Cl)CCOCC1)NCCC(=O)N(CC)CC.I. The van der Waals surface area contributed by atoms with Gasteiger partial charge in [-0.3, -0.25) is 9.79 Å². The molecular weight excluding hydrogens is 515 g/mol. The molecule has 2 rings (SSSR count). The second kappa shape index (κ2) is 14.1. The summed E-state index contributed by atoms with van der Waals surface area (Å²) in [6, 6.07) is 8.04. The third-order valence-corrected chi connectivity index (χ3v) is 5.86. The number of carbonyl (C=O) groups is 1. The van der Waals surface area contributed by atoms with Gasteiger partial charge in [0, 0.05) is 56.3 Å². The lowest BCUT2D eigenvalue weighted by Crippen LogP contribution is -2.42. The van der Waals surface area contributed by atoms with E-state index in [1.54, 1.807) is 0 Å². The minimum Gasteiger partial charge on any atom is -0.381 e. The van der Waals surface area contributed by atoms with Crippen molar-refractivity contribution in [1.82, 2.24) is 15.5 Å². The van der Waals surface area contributed by atoms with Gasteiger partial charge in [-0.05, 0) is 45.2 Å². The van der Waals surface area contributed by atoms with Gasteiger partial charge in [-0.15, -0.1) is 24.0 Å². The van der Waals surface area contributed by atoms with Gasteiger partial charge in [-0.2, -0.15) is 0 Å². The third kappa shape index (κ3) is 7.57. The van der Waals surface area contributed by atoms with Crippen LogP contribution in [0.2, 0.25) is 5.02 Å². The third-order valence-electron chi connectivity index (χ3n) is 5.53. The number of rotatable bonds is 9. The molecule has 30 heavy (non-hydrogen) atoms. The Bertz CT molecular complexity index is 677. The predicted molar refractivity (Wildman–Crippen MR) is 135 cm³/mol. The van der Waals surface area contributed by atoms with Crippen LogP contribution in [0.25, 0.3) is 0 Å². The monoisotopic (exact) mass is 550 g/mol. The Morgan fingerprint density at radius 2 is 1.83 bits per heavy atom. The van der Waals surface area contributed by atoms with Crippen LogP contribution in [0.4, 0.5) is 0 Å². The second-order valence-electron chi connectivity index (χ2n) is 7.31. The summed E-state index contributed by atoms with van der Waals surface area (Å²) < 4.78 is 5.61. The van der Waals surface area contributed by atoms with Crippen LogP contribution in [-0.4, -0.2) is 62.7 Å². The highest BCUT2D eigenvalue weighted by molar-refractivity contribution is 14.0. The molecule has 170 valence electrons. The summed E-state index contributed by atoms with van der Waals surface area (Å²) in [5, 5.41) is 7.38. The predicted octanol–water partition coefficient (Wildman–Crippen LogP) is 3.82. The van der Waals surface area contributed by atoms with Crippen molar-refractivity contribution < 1.29 is 9.53 Å². The van der Waals surface area contributed by atoms with Gasteiger partial charge >= 0.3 is 0 Å². The van der Waals surface area contributed by atoms with Crippen LogP contribution in [0.15, 0.2) is 29.3 Å². The molecule has 1 heterocycles. The lowest BCUT2D eigenvalue weighted by atomic mass is 9.74. The summed E-state index contributed by atoms with van der Waals surface area (Å²) in [5.41, 5.74) is 1.01. The van der Waals surface area contributed by atoms with Crippen LogP contribution in [0, 0.1) is 0 Å². The fraction of sp³-hybridized carbons (Fsp3) is 0.636. The van der Waals surface area contributed by atoms with Crippen molar-refractivity contribution in [3.05, 3.63) is 34.9 Å². The molecule has 2 N–H and O–H groups in total. The summed E-state index contributed by atoms with van der Waals surface area (Å²) in [6.45, 7) is 10.9. The number of aliphatic imine (C=N–C) groups is 1. The number of ether oxygens (including phenoxy) is 1. The van der Waals surface area contributed by atoms with Gasteiger partial charge in [0.25, 0.3) is 0 Å². The molecule has 1 amide bonds. The minimum absolute atomic E-state index is 0. The molecule has 1 aromatic carbocycles. The van der Waals surface area contributed by atoms with E-state index in [2.05, 4.69) is 16.7 Å². The first-order valence-corrected chi connectivity index (χ1v) is 11.1. The van der Waals surface area contributed by atoms with E-state index >= 15 is 0 Å². The van der Waals surface area contributed by atoms with E-state index in [-0.39, 0.29) is 35.3 Å². The summed E-state index contributed by atoms with van der Waals surface area (Å²) >= 11 is 6.54. The number of nitrogens with zero attached hydrogens (tertiary/aromatic N) is 2. The van der Waals surface area contributed by atoms with Crippen molar-refractivity contribution in [3.8, 4) is 0 Å². The Balaban J connectivity index is 0.00000450. The number of benzene rings is 1. The molecule has 0 aromatic heterocycles. The quantitative estimate of drug-likeness (QED) is 0.279. The van der Waals surface area contributed by atoms with E-state index in [0.29, 0.717) is 32.7 Å². The van der Waals surface area contributed by atoms with Crippen LogP contribution in [-0.2, 0) is 14.9 Å². The Morgan fingerprint density at radius 3 is 2.43 bits per heavy atom. The fourth-order valence-electron chi connectivity index (χ4n) is 3.76. The zero-order chi connectivity index (χ0) is 21.1. The van der Waals surface area contributed by atoms with E-state index in [1.807, 2.05) is 43.9 Å². The van der Waals surface area contributed by atoms with Crippen LogP contribution in [0.3, 0.4) is 0 Å². The Morgan fingerprint density at radius 1 is 1.17 bits per heavy atom. The Labute approximate surface area is 203 Å². The van der Waals surface area contributed by atoms with E-state index < -0.39 is 0 Å². The molecule has 0 spiro atoms. The lowest BCUT2D eigenvalue weighted by molar-refractivity contribution is -0.130. The molecule has 1 fully saturated rings. The Hall–Kier alpha value is -1.06. The Kier molecular flexibility index (Phi) is 12.7. The largest absolute Gasteiger partial charge is 0.381 e. The zero-order valence-electron chi connectivity index (χ0n) is 18.4. The topological polar surface area (TPSA) is 66.0 Å². The number of nitrogens with one attached hydrogen (secondary N) is 2. The molecule has 0 aliphatic carbocycles. The first kappa shape index (κ1) is 27.0. The van der Waals surface area contributed by atoms with Crippen molar-refractivity contribution in [2.24, 2.45) is 4.99 Å². The van der Waals surface area contributed by atoms with Crippen molar-refractivity contribution >= 4 is 47.4 Å². The highest BCUT2D eigenvalue weighted by atomic mass is 127. The average molecular weight is 551 g/mol. The molecular formula is C22H36ClIN4O2. The molecule has 1 aliphatic rings. The van der Waals surface area contributed by atoms with Gasteiger partial charge in [0.1, 0.15) is 0 Å². The van der Waals surface area contributed by atoms with Gasteiger partial charge in [0.15, 0.2) is 5.96 Å². The summed E-state index contributed by atoms with van der Waals surface area (Å²) in [5.74, 6) is 0.896. The van der Waals surface area contributed by atoms with Gasteiger partial charge in [-0.25, -0.2) is 0 Å². The fourth-order valence-corrected chi connectivity index (χ4v) is 4.10. The van der Waals surface area contributed by atoms with Crippen molar-refractivity contribution in [2.45, 2.75) is 45.4 Å². The first-order chi connectivity index (χ1) is 14.1. The molecule has 0 radical (unpaired) electrons. The molecule has 0 unspecified atom stereocenters. The summed E-state index contributed by atoms with van der Waals surface area (Å²) in [4.78, 5) is 18.9. The maximum atomic E-state index is 12.2. The summed E-state index contributed by atoms with van der Waals surface area (Å²) in [7, 11) is 0. The van der Waals surface area contributed by atoms with Crippen molar-refractivity contribution in [3.63, 3.8) is 0 Å². The van der Waals surface area contributed by atoms with Gasteiger partial charge in [0.05, 0.1) is 6.54 Å². The molecule has 0 atom stereocenters. The second-order valence-corrected chi connectivity index (χ2v) is 7.72. The van der Waals surface area contributed by atoms with Gasteiger partial charge in [0.2, 0.25) is 5.91 Å². The number of hydrogen-bond acceptors (Lipinski definition) is 3. The number of carbonyl (C=O) groups excluding carboxylic acids is 1. The number of guanidine groups is 1. The van der Waals surface area contributed by atoms with Gasteiger partial charge in [-0.1, -0.05) is 29.8 Å². The summed E-state index contributed by atoms with van der Waals surface area (Å²) in [6.07, 6.45) is 2.23.